The molecule has 0 radical (unpaired) electrons. The second-order valence-corrected chi connectivity index (χ2v) is 7.33. The van der Waals surface area contributed by atoms with Crippen molar-refractivity contribution in [1.29, 1.82) is 0 Å². The fourth-order valence-corrected chi connectivity index (χ4v) is 3.20. The summed E-state index contributed by atoms with van der Waals surface area (Å²) in [7, 11) is 1.30. The molecule has 0 spiro atoms. The maximum atomic E-state index is 12.4. The molecular weight excluding hydrogens is 360 g/mol. The topological polar surface area (TPSA) is 91.8 Å². The van der Waals surface area contributed by atoms with E-state index in [9.17, 15) is 14.4 Å². The summed E-state index contributed by atoms with van der Waals surface area (Å²) in [5.74, 6) is 0.333. The van der Waals surface area contributed by atoms with Crippen molar-refractivity contribution in [2.75, 3.05) is 38.2 Å². The van der Waals surface area contributed by atoms with Gasteiger partial charge in [-0.15, -0.1) is 0 Å². The molecule has 1 aliphatic rings. The molecule has 1 saturated heterocycles. The number of ether oxygens (including phenoxy) is 1. The van der Waals surface area contributed by atoms with Gasteiger partial charge < -0.3 is 19.9 Å². The highest BCUT2D eigenvalue weighted by Crippen LogP contribution is 2.13. The molecule has 28 heavy (non-hydrogen) atoms. The van der Waals surface area contributed by atoms with E-state index in [0.717, 1.165) is 5.82 Å². The zero-order chi connectivity index (χ0) is 20.5. The Labute approximate surface area is 166 Å². The van der Waals surface area contributed by atoms with Gasteiger partial charge in [0.25, 0.3) is 0 Å². The second-order valence-electron chi connectivity index (χ2n) is 7.33. The molecule has 1 aromatic heterocycles. The third-order valence-electron chi connectivity index (χ3n) is 4.70. The maximum absolute atomic E-state index is 12.4. The molecular formula is C20H30N4O4. The molecule has 2 rings (SSSR count). The van der Waals surface area contributed by atoms with Crippen LogP contribution >= 0.6 is 0 Å². The average Bonchev–Trinajstić information content (AvgIpc) is 2.71. The van der Waals surface area contributed by atoms with E-state index in [2.05, 4.69) is 15.2 Å². The van der Waals surface area contributed by atoms with Crippen molar-refractivity contribution in [2.45, 2.75) is 39.2 Å². The number of nitrogens with one attached hydrogen (secondary N) is 1. The molecule has 154 valence electrons. The minimum Gasteiger partial charge on any atom is -0.467 e. The Balaban J connectivity index is 1.76. The van der Waals surface area contributed by atoms with Crippen molar-refractivity contribution in [2.24, 2.45) is 5.92 Å². The first kappa shape index (κ1) is 21.7. The van der Waals surface area contributed by atoms with E-state index in [0.29, 0.717) is 32.6 Å². The third kappa shape index (κ3) is 6.51. The molecule has 1 N–H and O–H groups in total. The molecule has 1 aliphatic heterocycles. The molecule has 8 nitrogen and oxygen atoms in total. The molecule has 1 fully saturated rings. The number of aromatic nitrogens is 1. The van der Waals surface area contributed by atoms with Crippen molar-refractivity contribution in [3.05, 3.63) is 24.4 Å². The van der Waals surface area contributed by atoms with Crippen LogP contribution in [0, 0.1) is 5.92 Å². The van der Waals surface area contributed by atoms with Crippen molar-refractivity contribution in [3.63, 3.8) is 0 Å². The quantitative estimate of drug-likeness (QED) is 0.671. The van der Waals surface area contributed by atoms with Crippen LogP contribution in [0.15, 0.2) is 24.4 Å². The summed E-state index contributed by atoms with van der Waals surface area (Å²) in [5.41, 5.74) is 0. The van der Waals surface area contributed by atoms with Gasteiger partial charge >= 0.3 is 5.97 Å². The molecule has 1 atom stereocenters. The van der Waals surface area contributed by atoms with Gasteiger partial charge in [0.1, 0.15) is 11.9 Å². The molecule has 0 bridgehead atoms. The van der Waals surface area contributed by atoms with Crippen molar-refractivity contribution >= 4 is 23.6 Å². The van der Waals surface area contributed by atoms with E-state index < -0.39 is 12.0 Å². The Hall–Kier alpha value is -2.64. The van der Waals surface area contributed by atoms with Crippen LogP contribution in [0.3, 0.4) is 0 Å². The Morgan fingerprint density at radius 3 is 2.43 bits per heavy atom. The number of nitrogens with zero attached hydrogens (tertiary/aromatic N) is 3. The van der Waals surface area contributed by atoms with Crippen LogP contribution in [0.2, 0.25) is 0 Å². The SMILES string of the molecule is COC(=O)[C@@H](CC(C)C)NC(=O)CCC(=O)N1CCN(c2ccccn2)CC1. The first-order chi connectivity index (χ1) is 13.4. The van der Waals surface area contributed by atoms with Gasteiger partial charge in [0.05, 0.1) is 7.11 Å². The molecule has 1 aromatic rings. The summed E-state index contributed by atoms with van der Waals surface area (Å²) in [4.78, 5) is 44.6. The summed E-state index contributed by atoms with van der Waals surface area (Å²) >= 11 is 0. The van der Waals surface area contributed by atoms with Crippen LogP contribution in [-0.2, 0) is 19.1 Å². The van der Waals surface area contributed by atoms with Gasteiger partial charge in [-0.3, -0.25) is 9.59 Å². The van der Waals surface area contributed by atoms with E-state index in [4.69, 9.17) is 4.74 Å². The number of piperazine rings is 1. The van der Waals surface area contributed by atoms with E-state index in [1.165, 1.54) is 7.11 Å². The first-order valence-electron chi connectivity index (χ1n) is 9.71. The standard InChI is InChI=1S/C20H30N4O4/c1-15(2)14-16(20(27)28-3)22-18(25)7-8-19(26)24-12-10-23(11-13-24)17-6-4-5-9-21-17/h4-6,9,15-16H,7-8,10-14H2,1-3H3,(H,22,25)/t16-/m1/s1. The maximum Gasteiger partial charge on any atom is 0.328 e. The fraction of sp³-hybridized carbons (Fsp3) is 0.600. The Kier molecular flexibility index (Phi) is 8.22. The van der Waals surface area contributed by atoms with Crippen LogP contribution in [0.1, 0.15) is 33.1 Å². The largest absolute Gasteiger partial charge is 0.467 e. The molecule has 2 heterocycles. The lowest BCUT2D eigenvalue weighted by Crippen LogP contribution is -2.49. The summed E-state index contributed by atoms with van der Waals surface area (Å²) in [6.07, 6.45) is 2.45. The number of hydrogen-bond acceptors (Lipinski definition) is 6. The predicted octanol–water partition coefficient (Wildman–Crippen LogP) is 1.21. The smallest absolute Gasteiger partial charge is 0.328 e. The zero-order valence-electron chi connectivity index (χ0n) is 16.9. The summed E-state index contributed by atoms with van der Waals surface area (Å²) < 4.78 is 4.74. The minimum atomic E-state index is -0.672. The average molecular weight is 390 g/mol. The van der Waals surface area contributed by atoms with Crippen molar-refractivity contribution in [3.8, 4) is 0 Å². The van der Waals surface area contributed by atoms with Crippen LogP contribution in [0.5, 0.6) is 0 Å². The van der Waals surface area contributed by atoms with Gasteiger partial charge in [-0.25, -0.2) is 9.78 Å². The number of anilines is 1. The Morgan fingerprint density at radius 2 is 1.86 bits per heavy atom. The molecule has 0 saturated carbocycles. The highest BCUT2D eigenvalue weighted by Gasteiger charge is 2.25. The molecule has 0 aromatic carbocycles. The zero-order valence-corrected chi connectivity index (χ0v) is 16.9. The van der Waals surface area contributed by atoms with E-state index >= 15 is 0 Å². The number of pyridine rings is 1. The van der Waals surface area contributed by atoms with Crippen LogP contribution in [0.4, 0.5) is 5.82 Å². The van der Waals surface area contributed by atoms with Gasteiger partial charge in [-0.1, -0.05) is 19.9 Å². The number of rotatable bonds is 8. The van der Waals surface area contributed by atoms with Gasteiger partial charge in [0.15, 0.2) is 0 Å². The van der Waals surface area contributed by atoms with E-state index in [1.807, 2.05) is 32.0 Å². The normalized spacial score (nSPS) is 15.3. The number of amides is 2. The second kappa shape index (κ2) is 10.6. The molecule has 0 aliphatic carbocycles. The number of hydrogen-bond donors (Lipinski definition) is 1. The van der Waals surface area contributed by atoms with E-state index in [1.54, 1.807) is 11.1 Å². The highest BCUT2D eigenvalue weighted by molar-refractivity contribution is 5.87. The molecule has 0 unspecified atom stereocenters. The van der Waals surface area contributed by atoms with Gasteiger partial charge in [0, 0.05) is 45.2 Å². The van der Waals surface area contributed by atoms with Crippen LogP contribution in [-0.4, -0.2) is 67.0 Å². The van der Waals surface area contributed by atoms with Gasteiger partial charge in [-0.2, -0.15) is 0 Å². The summed E-state index contributed by atoms with van der Waals surface area (Å²) in [6, 6.07) is 5.10. The number of methoxy groups -OCH3 is 1. The lowest BCUT2D eigenvalue weighted by molar-refractivity contribution is -0.145. The van der Waals surface area contributed by atoms with E-state index in [-0.39, 0.29) is 30.6 Å². The lowest BCUT2D eigenvalue weighted by Gasteiger charge is -2.35. The fourth-order valence-electron chi connectivity index (χ4n) is 3.20. The monoisotopic (exact) mass is 390 g/mol. The van der Waals surface area contributed by atoms with Gasteiger partial charge in [-0.05, 0) is 24.5 Å². The van der Waals surface area contributed by atoms with Crippen molar-refractivity contribution < 1.29 is 19.1 Å². The first-order valence-corrected chi connectivity index (χ1v) is 9.71. The highest BCUT2D eigenvalue weighted by atomic mass is 16.5. The Bertz CT molecular complexity index is 657. The number of carbonyl (C=O) groups is 3. The summed E-state index contributed by atoms with van der Waals surface area (Å²) in [5, 5.41) is 2.69. The van der Waals surface area contributed by atoms with Crippen molar-refractivity contribution in [1.82, 2.24) is 15.2 Å². The number of carbonyl (C=O) groups excluding carboxylic acids is 3. The molecule has 8 heteroatoms. The van der Waals surface area contributed by atoms with Crippen LogP contribution < -0.4 is 10.2 Å². The third-order valence-corrected chi connectivity index (χ3v) is 4.70. The molecule has 2 amide bonds. The predicted molar refractivity (Wildman–Crippen MR) is 106 cm³/mol. The number of esters is 1. The minimum absolute atomic E-state index is 0.0469. The Morgan fingerprint density at radius 1 is 1.14 bits per heavy atom. The lowest BCUT2D eigenvalue weighted by atomic mass is 10.0. The van der Waals surface area contributed by atoms with Gasteiger partial charge in [0.2, 0.25) is 11.8 Å². The van der Waals surface area contributed by atoms with Crippen LogP contribution in [0.25, 0.3) is 0 Å². The summed E-state index contributed by atoms with van der Waals surface area (Å²) in [6.45, 7) is 6.58.